The SMILES string of the molecule is Cc1c(Cl)cccc1NC(=S)N(Cc1ccc2c(c1)OCO2)Cc1ccccn1. The highest BCUT2D eigenvalue weighted by atomic mass is 35.5. The summed E-state index contributed by atoms with van der Waals surface area (Å²) in [5.41, 5.74) is 3.84. The van der Waals surface area contributed by atoms with Crippen LogP contribution in [0.1, 0.15) is 16.8 Å². The minimum atomic E-state index is 0.254. The van der Waals surface area contributed by atoms with Gasteiger partial charge < -0.3 is 19.7 Å². The Balaban J connectivity index is 1.57. The number of halogens is 1. The molecule has 0 radical (unpaired) electrons. The first kappa shape index (κ1) is 19.5. The summed E-state index contributed by atoms with van der Waals surface area (Å²) in [6, 6.07) is 17.5. The third kappa shape index (κ3) is 4.60. The lowest BCUT2D eigenvalue weighted by Gasteiger charge is -2.26. The number of aromatic nitrogens is 1. The molecule has 0 aliphatic carbocycles. The Labute approximate surface area is 180 Å². The number of rotatable bonds is 5. The van der Waals surface area contributed by atoms with Gasteiger partial charge in [0, 0.05) is 23.5 Å². The predicted octanol–water partition coefficient (Wildman–Crippen LogP) is 5.17. The maximum absolute atomic E-state index is 6.26. The van der Waals surface area contributed by atoms with Crippen LogP contribution in [0.4, 0.5) is 5.69 Å². The highest BCUT2D eigenvalue weighted by Crippen LogP contribution is 2.33. The zero-order chi connectivity index (χ0) is 20.2. The molecule has 148 valence electrons. The summed E-state index contributed by atoms with van der Waals surface area (Å²) in [4.78, 5) is 6.51. The van der Waals surface area contributed by atoms with Crippen LogP contribution in [-0.4, -0.2) is 21.8 Å². The lowest BCUT2D eigenvalue weighted by atomic mass is 10.2. The molecule has 0 spiro atoms. The quantitative estimate of drug-likeness (QED) is 0.569. The molecule has 4 rings (SSSR count). The number of thiocarbonyl (C=S) groups is 1. The first-order valence-corrected chi connectivity index (χ1v) is 9.98. The van der Waals surface area contributed by atoms with Gasteiger partial charge in [-0.05, 0) is 66.7 Å². The number of hydrogen-bond acceptors (Lipinski definition) is 4. The number of hydrogen-bond donors (Lipinski definition) is 1. The van der Waals surface area contributed by atoms with Gasteiger partial charge in [0.15, 0.2) is 16.6 Å². The first-order valence-electron chi connectivity index (χ1n) is 9.19. The molecule has 2 heterocycles. The third-order valence-electron chi connectivity index (χ3n) is 4.69. The van der Waals surface area contributed by atoms with Crippen molar-refractivity contribution in [1.29, 1.82) is 0 Å². The Morgan fingerprint density at radius 3 is 2.79 bits per heavy atom. The number of pyridine rings is 1. The van der Waals surface area contributed by atoms with Gasteiger partial charge in [-0.25, -0.2) is 0 Å². The van der Waals surface area contributed by atoms with Gasteiger partial charge in [-0.15, -0.1) is 0 Å². The standard InChI is InChI=1S/C22H20ClN3O2S/c1-15-18(23)6-4-7-19(15)25-22(29)26(13-17-5-2-3-10-24-17)12-16-8-9-20-21(11-16)28-14-27-20/h2-11H,12-14H2,1H3,(H,25,29). The largest absolute Gasteiger partial charge is 0.454 e. The Bertz CT molecular complexity index is 1030. The molecular formula is C22H20ClN3O2S. The van der Waals surface area contributed by atoms with Crippen molar-refractivity contribution in [1.82, 2.24) is 9.88 Å². The van der Waals surface area contributed by atoms with Gasteiger partial charge in [0.1, 0.15) is 0 Å². The van der Waals surface area contributed by atoms with E-state index in [1.165, 1.54) is 0 Å². The number of nitrogens with zero attached hydrogens (tertiary/aromatic N) is 2. The number of nitrogens with one attached hydrogen (secondary N) is 1. The molecular weight excluding hydrogens is 406 g/mol. The molecule has 5 nitrogen and oxygen atoms in total. The second kappa shape index (κ2) is 8.68. The van der Waals surface area contributed by atoms with Crippen LogP contribution in [0.5, 0.6) is 11.5 Å². The van der Waals surface area contributed by atoms with Gasteiger partial charge in [0.2, 0.25) is 6.79 Å². The van der Waals surface area contributed by atoms with Crippen LogP contribution in [-0.2, 0) is 13.1 Å². The Morgan fingerprint density at radius 1 is 1.10 bits per heavy atom. The lowest BCUT2D eigenvalue weighted by molar-refractivity contribution is 0.174. The molecule has 0 saturated carbocycles. The highest BCUT2D eigenvalue weighted by molar-refractivity contribution is 7.80. The topological polar surface area (TPSA) is 46.6 Å². The normalized spacial score (nSPS) is 11.9. The Morgan fingerprint density at radius 2 is 1.97 bits per heavy atom. The van der Waals surface area contributed by atoms with Gasteiger partial charge in [-0.2, -0.15) is 0 Å². The molecule has 0 saturated heterocycles. The fourth-order valence-electron chi connectivity index (χ4n) is 3.08. The molecule has 2 aromatic carbocycles. The summed E-state index contributed by atoms with van der Waals surface area (Å²) < 4.78 is 10.9. The number of fused-ring (bicyclic) bond motifs is 1. The average Bonchev–Trinajstić information content (AvgIpc) is 3.19. The van der Waals surface area contributed by atoms with Crippen LogP contribution in [0, 0.1) is 6.92 Å². The van der Waals surface area contributed by atoms with Crippen molar-refractivity contribution in [3.63, 3.8) is 0 Å². The summed E-state index contributed by atoms with van der Waals surface area (Å²) >= 11 is 12.0. The van der Waals surface area contributed by atoms with Crippen LogP contribution >= 0.6 is 23.8 Å². The molecule has 1 aliphatic heterocycles. The molecule has 0 amide bonds. The molecule has 0 unspecified atom stereocenters. The molecule has 1 N–H and O–H groups in total. The molecule has 0 bridgehead atoms. The maximum Gasteiger partial charge on any atom is 0.231 e. The van der Waals surface area contributed by atoms with Crippen molar-refractivity contribution in [2.45, 2.75) is 20.0 Å². The Kier molecular flexibility index (Phi) is 5.83. The smallest absolute Gasteiger partial charge is 0.231 e. The van der Waals surface area contributed by atoms with E-state index in [9.17, 15) is 0 Å². The lowest BCUT2D eigenvalue weighted by Crippen LogP contribution is -2.34. The van der Waals surface area contributed by atoms with Gasteiger partial charge >= 0.3 is 0 Å². The van der Waals surface area contributed by atoms with E-state index in [1.54, 1.807) is 6.20 Å². The second-order valence-electron chi connectivity index (χ2n) is 6.71. The van der Waals surface area contributed by atoms with Gasteiger partial charge in [0.25, 0.3) is 0 Å². The minimum Gasteiger partial charge on any atom is -0.454 e. The van der Waals surface area contributed by atoms with E-state index in [4.69, 9.17) is 33.3 Å². The summed E-state index contributed by atoms with van der Waals surface area (Å²) in [6.07, 6.45) is 1.78. The van der Waals surface area contributed by atoms with E-state index in [1.807, 2.05) is 61.5 Å². The summed E-state index contributed by atoms with van der Waals surface area (Å²) in [5.74, 6) is 1.52. The van der Waals surface area contributed by atoms with Crippen LogP contribution in [0.15, 0.2) is 60.8 Å². The fourth-order valence-corrected chi connectivity index (χ4v) is 3.50. The zero-order valence-electron chi connectivity index (χ0n) is 15.9. The fraction of sp³-hybridized carbons (Fsp3) is 0.182. The van der Waals surface area contributed by atoms with Gasteiger partial charge in [-0.1, -0.05) is 29.8 Å². The molecule has 0 fully saturated rings. The molecule has 1 aliphatic rings. The van der Waals surface area contributed by atoms with Crippen molar-refractivity contribution in [2.75, 3.05) is 12.1 Å². The third-order valence-corrected chi connectivity index (χ3v) is 5.46. The number of ether oxygens (including phenoxy) is 2. The minimum absolute atomic E-state index is 0.254. The summed E-state index contributed by atoms with van der Waals surface area (Å²) in [5, 5.41) is 4.63. The monoisotopic (exact) mass is 425 g/mol. The number of anilines is 1. The van der Waals surface area contributed by atoms with Crippen molar-refractivity contribution >= 4 is 34.6 Å². The van der Waals surface area contributed by atoms with E-state index in [-0.39, 0.29) is 6.79 Å². The van der Waals surface area contributed by atoms with Gasteiger partial charge in [-0.3, -0.25) is 4.98 Å². The predicted molar refractivity (Wildman–Crippen MR) is 118 cm³/mol. The molecule has 3 aromatic rings. The van der Waals surface area contributed by atoms with E-state index in [0.717, 1.165) is 34.0 Å². The van der Waals surface area contributed by atoms with E-state index in [0.29, 0.717) is 23.2 Å². The van der Waals surface area contributed by atoms with Gasteiger partial charge in [0.05, 0.1) is 12.2 Å². The van der Waals surface area contributed by atoms with Crippen LogP contribution in [0.2, 0.25) is 5.02 Å². The molecule has 0 atom stereocenters. The van der Waals surface area contributed by atoms with Crippen LogP contribution in [0.3, 0.4) is 0 Å². The molecule has 7 heteroatoms. The summed E-state index contributed by atoms with van der Waals surface area (Å²) in [6.45, 7) is 3.39. The highest BCUT2D eigenvalue weighted by Gasteiger charge is 2.17. The van der Waals surface area contributed by atoms with Crippen molar-refractivity contribution in [2.24, 2.45) is 0 Å². The second-order valence-corrected chi connectivity index (χ2v) is 7.50. The molecule has 1 aromatic heterocycles. The van der Waals surface area contributed by atoms with E-state index < -0.39 is 0 Å². The average molecular weight is 426 g/mol. The van der Waals surface area contributed by atoms with Crippen LogP contribution < -0.4 is 14.8 Å². The first-order chi connectivity index (χ1) is 14.1. The maximum atomic E-state index is 6.26. The number of benzene rings is 2. The van der Waals surface area contributed by atoms with E-state index >= 15 is 0 Å². The zero-order valence-corrected chi connectivity index (χ0v) is 17.5. The van der Waals surface area contributed by atoms with Crippen LogP contribution in [0.25, 0.3) is 0 Å². The van der Waals surface area contributed by atoms with Crippen molar-refractivity contribution < 1.29 is 9.47 Å². The summed E-state index contributed by atoms with van der Waals surface area (Å²) in [7, 11) is 0. The van der Waals surface area contributed by atoms with E-state index in [2.05, 4.69) is 15.2 Å². The van der Waals surface area contributed by atoms with Crippen molar-refractivity contribution in [3.8, 4) is 11.5 Å². The van der Waals surface area contributed by atoms with Crippen molar-refractivity contribution in [3.05, 3.63) is 82.6 Å². The Hall–Kier alpha value is -2.83. The molecule has 29 heavy (non-hydrogen) atoms.